The van der Waals surface area contributed by atoms with Crippen molar-refractivity contribution >= 4 is 27.3 Å². The fourth-order valence-corrected chi connectivity index (χ4v) is 5.42. The Morgan fingerprint density at radius 2 is 1.67 bits per heavy atom. The van der Waals surface area contributed by atoms with Gasteiger partial charge in [0.15, 0.2) is 0 Å². The zero-order valence-corrected chi connectivity index (χ0v) is 18.6. The van der Waals surface area contributed by atoms with Gasteiger partial charge in [0, 0.05) is 45.3 Å². The number of morpholine rings is 1. The first-order chi connectivity index (χ1) is 15.8. The van der Waals surface area contributed by atoms with Gasteiger partial charge in [0.2, 0.25) is 10.0 Å². The molecule has 0 atom stereocenters. The fourth-order valence-electron chi connectivity index (χ4n) is 3.99. The van der Waals surface area contributed by atoms with Gasteiger partial charge in [-0.2, -0.15) is 4.31 Å². The van der Waals surface area contributed by atoms with Gasteiger partial charge in [0.1, 0.15) is 11.4 Å². The summed E-state index contributed by atoms with van der Waals surface area (Å²) >= 11 is 0. The summed E-state index contributed by atoms with van der Waals surface area (Å²) in [6.07, 6.45) is 0. The maximum absolute atomic E-state index is 12.9. The van der Waals surface area contributed by atoms with E-state index in [9.17, 15) is 28.4 Å². The van der Waals surface area contributed by atoms with E-state index in [-0.39, 0.29) is 54.1 Å². The Bertz CT molecular complexity index is 1160. The molecule has 0 spiro atoms. The van der Waals surface area contributed by atoms with Crippen LogP contribution in [-0.2, 0) is 14.8 Å². The van der Waals surface area contributed by atoms with E-state index in [4.69, 9.17) is 4.74 Å². The monoisotopic (exact) mass is 476 g/mol. The van der Waals surface area contributed by atoms with Gasteiger partial charge in [-0.3, -0.25) is 14.9 Å². The maximum Gasteiger partial charge on any atom is 0.293 e. The Morgan fingerprint density at radius 1 is 1.00 bits per heavy atom. The largest absolute Gasteiger partial charge is 0.507 e. The second-order valence-electron chi connectivity index (χ2n) is 7.72. The van der Waals surface area contributed by atoms with Crippen LogP contribution in [0.15, 0.2) is 47.4 Å². The van der Waals surface area contributed by atoms with Gasteiger partial charge in [-0.25, -0.2) is 8.42 Å². The van der Waals surface area contributed by atoms with Crippen LogP contribution < -0.4 is 4.90 Å². The maximum atomic E-state index is 12.9. The van der Waals surface area contributed by atoms with Crippen molar-refractivity contribution in [3.63, 3.8) is 0 Å². The normalized spacial score (nSPS) is 17.7. The van der Waals surface area contributed by atoms with Crippen LogP contribution >= 0.6 is 0 Å². The van der Waals surface area contributed by atoms with Crippen LogP contribution in [0.1, 0.15) is 10.4 Å². The van der Waals surface area contributed by atoms with Gasteiger partial charge >= 0.3 is 0 Å². The van der Waals surface area contributed by atoms with E-state index in [1.54, 1.807) is 28.0 Å². The predicted molar refractivity (Wildman–Crippen MR) is 119 cm³/mol. The molecule has 1 amide bonds. The van der Waals surface area contributed by atoms with E-state index in [1.807, 2.05) is 0 Å². The van der Waals surface area contributed by atoms with Crippen LogP contribution in [0.5, 0.6) is 5.75 Å². The molecule has 0 unspecified atom stereocenters. The number of benzene rings is 2. The Hall–Kier alpha value is -3.22. The topological polar surface area (TPSA) is 134 Å². The lowest BCUT2D eigenvalue weighted by Crippen LogP contribution is -2.49. The first kappa shape index (κ1) is 23.0. The minimum atomic E-state index is -3.87. The highest BCUT2D eigenvalue weighted by atomic mass is 32.2. The molecule has 2 aliphatic rings. The number of ether oxygens (including phenoxy) is 1. The van der Waals surface area contributed by atoms with Crippen molar-refractivity contribution in [3.8, 4) is 5.75 Å². The number of amides is 1. The molecule has 1 N–H and O–H groups in total. The summed E-state index contributed by atoms with van der Waals surface area (Å²) in [7, 11) is -3.87. The van der Waals surface area contributed by atoms with Crippen LogP contribution in [0.25, 0.3) is 0 Å². The van der Waals surface area contributed by atoms with Crippen LogP contribution in [0.3, 0.4) is 0 Å². The quantitative estimate of drug-likeness (QED) is 0.504. The third-order valence-corrected chi connectivity index (χ3v) is 7.69. The number of piperazine rings is 1. The molecule has 2 aromatic carbocycles. The van der Waals surface area contributed by atoms with Crippen molar-refractivity contribution in [1.82, 2.24) is 9.21 Å². The predicted octanol–water partition coefficient (Wildman–Crippen LogP) is 1.28. The standard InChI is InChI=1S/C21H24N4O7S/c26-20-4-2-1-3-17(20)21(27)23-9-7-22(8-10-23)18-6-5-16(15-19(18)25(28)29)33(30,31)24-11-13-32-14-12-24/h1-6,15,26H,7-14H2. The van der Waals surface area contributed by atoms with Gasteiger partial charge in [0.05, 0.1) is 28.6 Å². The van der Waals surface area contributed by atoms with E-state index >= 15 is 0 Å². The van der Waals surface area contributed by atoms with E-state index in [0.717, 1.165) is 6.07 Å². The molecule has 0 bridgehead atoms. The molecule has 2 saturated heterocycles. The number of aromatic hydroxyl groups is 1. The summed E-state index contributed by atoms with van der Waals surface area (Å²) in [6.45, 7) is 2.23. The van der Waals surface area contributed by atoms with E-state index in [1.165, 1.54) is 22.5 Å². The van der Waals surface area contributed by atoms with Crippen molar-refractivity contribution in [2.75, 3.05) is 57.4 Å². The summed E-state index contributed by atoms with van der Waals surface area (Å²) < 4.78 is 32.2. The first-order valence-electron chi connectivity index (χ1n) is 10.5. The number of hydrogen-bond donors (Lipinski definition) is 1. The number of anilines is 1. The smallest absolute Gasteiger partial charge is 0.293 e. The van der Waals surface area contributed by atoms with Crippen molar-refractivity contribution in [1.29, 1.82) is 0 Å². The molecule has 2 fully saturated rings. The lowest BCUT2D eigenvalue weighted by atomic mass is 10.1. The third-order valence-electron chi connectivity index (χ3n) is 5.79. The Morgan fingerprint density at radius 3 is 2.30 bits per heavy atom. The summed E-state index contributed by atoms with van der Waals surface area (Å²) in [5.74, 6) is -0.410. The van der Waals surface area contributed by atoms with Crippen LogP contribution in [-0.4, -0.2) is 86.0 Å². The number of sulfonamides is 1. The second kappa shape index (κ2) is 9.33. The summed E-state index contributed by atoms with van der Waals surface area (Å²) in [6, 6.07) is 10.2. The number of hydrogen-bond acceptors (Lipinski definition) is 8. The number of carbonyl (C=O) groups excluding carboxylic acids is 1. The molecule has 176 valence electrons. The third kappa shape index (κ3) is 4.63. The number of para-hydroxylation sites is 1. The number of nitro benzene ring substituents is 1. The molecule has 2 aliphatic heterocycles. The molecule has 12 heteroatoms. The number of rotatable bonds is 5. The van der Waals surface area contributed by atoms with Crippen molar-refractivity contribution in [3.05, 3.63) is 58.1 Å². The lowest BCUT2D eigenvalue weighted by molar-refractivity contribution is -0.384. The Kier molecular flexibility index (Phi) is 6.49. The molecule has 2 heterocycles. The molecule has 0 saturated carbocycles. The molecule has 0 aliphatic carbocycles. The number of phenols is 1. The average molecular weight is 477 g/mol. The molecule has 11 nitrogen and oxygen atoms in total. The van der Waals surface area contributed by atoms with Gasteiger partial charge < -0.3 is 19.6 Å². The Balaban J connectivity index is 1.52. The first-order valence-corrected chi connectivity index (χ1v) is 11.9. The number of nitro groups is 1. The molecular weight excluding hydrogens is 452 g/mol. The molecule has 0 radical (unpaired) electrons. The number of nitrogens with zero attached hydrogens (tertiary/aromatic N) is 4. The molecule has 4 rings (SSSR count). The van der Waals surface area contributed by atoms with Crippen LogP contribution in [0.2, 0.25) is 0 Å². The molecule has 33 heavy (non-hydrogen) atoms. The number of carbonyl (C=O) groups is 1. The fraction of sp³-hybridized carbons (Fsp3) is 0.381. The Labute approximate surface area is 191 Å². The highest BCUT2D eigenvalue weighted by Gasteiger charge is 2.31. The van der Waals surface area contributed by atoms with Crippen LogP contribution in [0.4, 0.5) is 11.4 Å². The highest BCUT2D eigenvalue weighted by molar-refractivity contribution is 7.89. The van der Waals surface area contributed by atoms with Gasteiger partial charge in [-0.05, 0) is 24.3 Å². The van der Waals surface area contributed by atoms with Gasteiger partial charge in [0.25, 0.3) is 11.6 Å². The lowest BCUT2D eigenvalue weighted by Gasteiger charge is -2.36. The highest BCUT2D eigenvalue weighted by Crippen LogP contribution is 2.33. The molecule has 0 aromatic heterocycles. The second-order valence-corrected chi connectivity index (χ2v) is 9.66. The zero-order chi connectivity index (χ0) is 23.6. The van der Waals surface area contributed by atoms with E-state index in [2.05, 4.69) is 0 Å². The average Bonchev–Trinajstić information content (AvgIpc) is 2.84. The summed E-state index contributed by atoms with van der Waals surface area (Å²) in [4.78, 5) is 27.1. The SMILES string of the molecule is O=C(c1ccccc1O)N1CCN(c2ccc(S(=O)(=O)N3CCOCC3)cc2[N+](=O)[O-])CC1. The minimum Gasteiger partial charge on any atom is -0.507 e. The molecule has 2 aromatic rings. The van der Waals surface area contributed by atoms with Crippen molar-refractivity contribution in [2.45, 2.75) is 4.90 Å². The van der Waals surface area contributed by atoms with Crippen molar-refractivity contribution < 1.29 is 28.0 Å². The molecular formula is C21H24N4O7S. The van der Waals surface area contributed by atoms with Gasteiger partial charge in [-0.1, -0.05) is 12.1 Å². The minimum absolute atomic E-state index is 0.0994. The summed E-state index contributed by atoms with van der Waals surface area (Å²) in [5.41, 5.74) is 0.204. The summed E-state index contributed by atoms with van der Waals surface area (Å²) in [5, 5.41) is 21.7. The van der Waals surface area contributed by atoms with E-state index < -0.39 is 14.9 Å². The van der Waals surface area contributed by atoms with Gasteiger partial charge in [-0.15, -0.1) is 0 Å². The number of phenolic OH excluding ortho intramolecular Hbond substituents is 1. The van der Waals surface area contributed by atoms with Crippen LogP contribution in [0, 0.1) is 10.1 Å². The van der Waals surface area contributed by atoms with E-state index in [0.29, 0.717) is 31.9 Å². The van der Waals surface area contributed by atoms with Crippen molar-refractivity contribution in [2.24, 2.45) is 0 Å². The zero-order valence-electron chi connectivity index (χ0n) is 17.8.